The summed E-state index contributed by atoms with van der Waals surface area (Å²) in [6.07, 6.45) is 11.2. The summed E-state index contributed by atoms with van der Waals surface area (Å²) in [6, 6.07) is 13.2. The molecule has 4 aromatic rings. The van der Waals surface area contributed by atoms with Crippen molar-refractivity contribution in [1.82, 2.24) is 0 Å². The summed E-state index contributed by atoms with van der Waals surface area (Å²) in [5, 5.41) is 0.992. The van der Waals surface area contributed by atoms with E-state index in [0.717, 1.165) is 38.4 Å². The quantitative estimate of drug-likeness (QED) is 0.186. The fourth-order valence-electron chi connectivity index (χ4n) is 3.29. The van der Waals surface area contributed by atoms with Crippen molar-refractivity contribution in [3.8, 4) is 16.9 Å². The minimum Gasteiger partial charge on any atom is -0.488 e. The van der Waals surface area contributed by atoms with E-state index >= 15 is 0 Å². The maximum Gasteiger partial charge on any atom is 0.153 e. The van der Waals surface area contributed by atoms with Crippen LogP contribution in [0.5, 0.6) is 5.75 Å². The Kier molecular flexibility index (Phi) is 8.53. The summed E-state index contributed by atoms with van der Waals surface area (Å²) in [6.45, 7) is 4.79. The normalized spacial score (nSPS) is 10.5. The Morgan fingerprint density at radius 1 is 1.03 bits per heavy atom. The molecule has 2 aromatic heterocycles. The summed E-state index contributed by atoms with van der Waals surface area (Å²) in [4.78, 5) is 11.4. The minimum absolute atomic E-state index is 0.329. The summed E-state index contributed by atoms with van der Waals surface area (Å²) < 4.78 is 17.5. The van der Waals surface area contributed by atoms with E-state index in [1.807, 2.05) is 36.4 Å². The van der Waals surface area contributed by atoms with Gasteiger partial charge in [-0.25, -0.2) is 0 Å². The van der Waals surface area contributed by atoms with Crippen molar-refractivity contribution < 1.29 is 18.4 Å². The van der Waals surface area contributed by atoms with E-state index in [-0.39, 0.29) is 0 Å². The molecule has 31 heavy (non-hydrogen) atoms. The number of furan rings is 2. The van der Waals surface area contributed by atoms with Crippen LogP contribution in [-0.4, -0.2) is 6.29 Å². The van der Waals surface area contributed by atoms with Gasteiger partial charge >= 0.3 is 0 Å². The van der Waals surface area contributed by atoms with E-state index in [9.17, 15) is 4.79 Å². The van der Waals surface area contributed by atoms with Gasteiger partial charge in [-0.15, -0.1) is 0 Å². The third kappa shape index (κ3) is 5.88. The van der Waals surface area contributed by atoms with Crippen molar-refractivity contribution in [2.75, 3.05) is 0 Å². The molecule has 4 rings (SSSR count). The molecule has 0 saturated carbocycles. The van der Waals surface area contributed by atoms with Gasteiger partial charge in [0, 0.05) is 16.5 Å². The van der Waals surface area contributed by atoms with Crippen LogP contribution in [0, 0.1) is 0 Å². The Balaban J connectivity index is 0.000000401. The molecule has 0 fully saturated rings. The number of carbonyl (C=O) groups excluding carboxylic acids is 1. The lowest BCUT2D eigenvalue weighted by Gasteiger charge is -2.13. The summed E-state index contributed by atoms with van der Waals surface area (Å²) >= 11 is 3.51. The van der Waals surface area contributed by atoms with E-state index in [1.165, 1.54) is 25.7 Å². The first kappa shape index (κ1) is 22.9. The van der Waals surface area contributed by atoms with Crippen molar-refractivity contribution in [3.05, 3.63) is 76.9 Å². The molecule has 0 saturated heterocycles. The van der Waals surface area contributed by atoms with Crippen LogP contribution in [0.15, 0.2) is 74.6 Å². The first-order chi connectivity index (χ1) is 15.2. The van der Waals surface area contributed by atoms with Gasteiger partial charge in [-0.3, -0.25) is 4.79 Å². The Morgan fingerprint density at radius 3 is 2.52 bits per heavy atom. The molecule has 4 nitrogen and oxygen atoms in total. The molecule has 0 bridgehead atoms. The highest BCUT2D eigenvalue weighted by Gasteiger charge is 2.13. The largest absolute Gasteiger partial charge is 0.488 e. The number of hydrogen-bond acceptors (Lipinski definition) is 4. The van der Waals surface area contributed by atoms with Crippen molar-refractivity contribution >= 4 is 33.2 Å². The number of ether oxygens (including phenoxy) is 1. The molecule has 0 unspecified atom stereocenters. The van der Waals surface area contributed by atoms with Crippen LogP contribution in [-0.2, 0) is 6.61 Å². The van der Waals surface area contributed by atoms with Crippen molar-refractivity contribution in [1.29, 1.82) is 0 Å². The number of unbranched alkanes of at least 4 members (excludes halogenated alkanes) is 3. The third-order valence-electron chi connectivity index (χ3n) is 4.91. The molecular weight excluding hydrogens is 456 g/mol. The molecule has 0 amide bonds. The molecule has 2 heterocycles. The fourth-order valence-corrected chi connectivity index (χ4v) is 3.91. The van der Waals surface area contributed by atoms with Gasteiger partial charge in [-0.1, -0.05) is 51.7 Å². The third-order valence-corrected chi connectivity index (χ3v) is 5.50. The van der Waals surface area contributed by atoms with Crippen LogP contribution in [0.4, 0.5) is 0 Å². The van der Waals surface area contributed by atoms with E-state index in [0.29, 0.717) is 17.9 Å². The molecule has 0 aliphatic heterocycles. The number of fused-ring (bicyclic) bond motifs is 1. The van der Waals surface area contributed by atoms with Crippen LogP contribution in [0.2, 0.25) is 0 Å². The summed E-state index contributed by atoms with van der Waals surface area (Å²) in [5.74, 6) is 0.544. The van der Waals surface area contributed by atoms with E-state index < -0.39 is 0 Å². The maximum absolute atomic E-state index is 11.4. The smallest absolute Gasteiger partial charge is 0.153 e. The van der Waals surface area contributed by atoms with E-state index in [2.05, 4.69) is 29.8 Å². The number of rotatable bonds is 8. The molecule has 0 atom stereocenters. The molecule has 5 heteroatoms. The Labute approximate surface area is 191 Å². The van der Waals surface area contributed by atoms with Gasteiger partial charge < -0.3 is 13.6 Å². The lowest BCUT2D eigenvalue weighted by Crippen LogP contribution is -2.00. The first-order valence-electron chi connectivity index (χ1n) is 10.6. The van der Waals surface area contributed by atoms with Gasteiger partial charge in [0.05, 0.1) is 28.8 Å². The topological polar surface area (TPSA) is 52.6 Å². The SMILES string of the molecule is CCCCCC.O=Cc1cccc(-c2ccoc2)c1OCc1cc(Br)c2occc2c1. The van der Waals surface area contributed by atoms with Crippen molar-refractivity contribution in [2.45, 2.75) is 46.1 Å². The molecule has 0 spiro atoms. The molecule has 0 aliphatic rings. The predicted octanol–water partition coefficient (Wildman–Crippen LogP) is 8.43. The molecule has 2 aromatic carbocycles. The second-order valence-corrected chi connectivity index (χ2v) is 8.12. The molecule has 0 aliphatic carbocycles. The standard InChI is InChI=1S/C20H13BrO4.C6H14/c21-18-9-13(8-14-5-7-24-20(14)18)11-25-19-15(10-22)2-1-3-17(19)16-4-6-23-12-16;1-3-5-6-4-2/h1-10,12H,11H2;3-6H2,1-2H3. The average Bonchev–Trinajstić information content (AvgIpc) is 3.49. The van der Waals surface area contributed by atoms with Crippen molar-refractivity contribution in [2.24, 2.45) is 0 Å². The van der Waals surface area contributed by atoms with Gasteiger partial charge in [0.25, 0.3) is 0 Å². The molecule has 0 radical (unpaired) electrons. The summed E-state index contributed by atoms with van der Waals surface area (Å²) in [7, 11) is 0. The maximum atomic E-state index is 11.4. The zero-order valence-corrected chi connectivity index (χ0v) is 19.5. The zero-order chi connectivity index (χ0) is 22.1. The van der Waals surface area contributed by atoms with Crippen LogP contribution in [0.1, 0.15) is 55.5 Å². The second-order valence-electron chi connectivity index (χ2n) is 7.27. The Morgan fingerprint density at radius 2 is 1.84 bits per heavy atom. The molecule has 0 N–H and O–H groups in total. The number of hydrogen-bond donors (Lipinski definition) is 0. The van der Waals surface area contributed by atoms with Crippen molar-refractivity contribution in [3.63, 3.8) is 0 Å². The van der Waals surface area contributed by atoms with Crippen LogP contribution >= 0.6 is 15.9 Å². The van der Waals surface area contributed by atoms with E-state index in [4.69, 9.17) is 13.6 Å². The monoisotopic (exact) mass is 482 g/mol. The highest BCUT2D eigenvalue weighted by atomic mass is 79.9. The molecule has 162 valence electrons. The Bertz CT molecular complexity index is 1090. The van der Waals surface area contributed by atoms with Gasteiger partial charge in [0.2, 0.25) is 0 Å². The second kappa shape index (κ2) is 11.6. The first-order valence-corrected chi connectivity index (χ1v) is 11.4. The van der Waals surface area contributed by atoms with Crippen LogP contribution in [0.25, 0.3) is 22.1 Å². The van der Waals surface area contributed by atoms with Crippen LogP contribution < -0.4 is 4.74 Å². The number of halogens is 1. The minimum atomic E-state index is 0.329. The highest BCUT2D eigenvalue weighted by molar-refractivity contribution is 9.10. The number of carbonyl (C=O) groups is 1. The number of benzene rings is 2. The highest BCUT2D eigenvalue weighted by Crippen LogP contribution is 2.34. The van der Waals surface area contributed by atoms with Gasteiger partial charge in [0.1, 0.15) is 17.9 Å². The lowest BCUT2D eigenvalue weighted by atomic mass is 10.0. The van der Waals surface area contributed by atoms with E-state index in [1.54, 1.807) is 24.9 Å². The average molecular weight is 483 g/mol. The number of aldehydes is 1. The zero-order valence-electron chi connectivity index (χ0n) is 17.9. The lowest BCUT2D eigenvalue weighted by molar-refractivity contribution is 0.111. The van der Waals surface area contributed by atoms with Crippen LogP contribution in [0.3, 0.4) is 0 Å². The van der Waals surface area contributed by atoms with Gasteiger partial charge in [0.15, 0.2) is 6.29 Å². The van der Waals surface area contributed by atoms with Gasteiger partial charge in [-0.05, 0) is 51.8 Å². The van der Waals surface area contributed by atoms with Gasteiger partial charge in [-0.2, -0.15) is 0 Å². The summed E-state index contributed by atoms with van der Waals surface area (Å²) in [5.41, 5.74) is 3.96. The predicted molar refractivity (Wildman–Crippen MR) is 128 cm³/mol. The molecular formula is C26H27BrO4. The number of para-hydroxylation sites is 1. The fraction of sp³-hybridized carbons (Fsp3) is 0.269. The Hall–Kier alpha value is -2.79.